The van der Waals surface area contributed by atoms with Gasteiger partial charge in [0.05, 0.1) is 5.92 Å². The summed E-state index contributed by atoms with van der Waals surface area (Å²) in [5.74, 6) is 1.93. The Morgan fingerprint density at radius 3 is 2.19 bits per heavy atom. The molecule has 6 aliphatic carbocycles. The average Bonchev–Trinajstić information content (AvgIpc) is 2.78. The van der Waals surface area contributed by atoms with Crippen molar-refractivity contribution in [1.29, 1.82) is 0 Å². The fraction of sp³-hybridized carbons (Fsp3) is 0.778. The fourth-order valence-electron chi connectivity index (χ4n) is 7.91. The molecule has 0 aromatic rings. The molecule has 6 rings (SSSR count). The Bertz CT molecular complexity index is 780. The monoisotopic (exact) mass is 440 g/mol. The lowest BCUT2D eigenvalue weighted by molar-refractivity contribution is -0.142. The number of amides is 1. The second-order valence-electron chi connectivity index (χ2n) is 11.3. The molecule has 0 heterocycles. The predicted molar refractivity (Wildman–Crippen MR) is 125 cm³/mol. The molecule has 0 spiro atoms. The highest BCUT2D eigenvalue weighted by atomic mass is 16.4. The predicted octanol–water partition coefficient (Wildman–Crippen LogP) is 4.93. The first-order chi connectivity index (χ1) is 15.5. The fourth-order valence-corrected chi connectivity index (χ4v) is 7.91. The van der Waals surface area contributed by atoms with Gasteiger partial charge in [0.15, 0.2) is 0 Å². The summed E-state index contributed by atoms with van der Waals surface area (Å²) in [6.07, 6.45) is 16.4. The van der Waals surface area contributed by atoms with Gasteiger partial charge in [-0.05, 0) is 100 Å². The van der Waals surface area contributed by atoms with E-state index in [1.807, 2.05) is 13.0 Å². The highest BCUT2D eigenvalue weighted by Crippen LogP contribution is 2.53. The van der Waals surface area contributed by atoms with Crippen LogP contribution in [0.1, 0.15) is 90.4 Å². The number of carbonyl (C=O) groups is 2. The molecular weight excluding hydrogens is 400 g/mol. The molecule has 0 aromatic heterocycles. The van der Waals surface area contributed by atoms with Gasteiger partial charge in [-0.3, -0.25) is 9.59 Å². The van der Waals surface area contributed by atoms with Crippen LogP contribution in [0.4, 0.5) is 0 Å². The Hall–Kier alpha value is -1.78. The van der Waals surface area contributed by atoms with Crippen LogP contribution in [-0.2, 0) is 9.59 Å². The molecule has 4 bridgehead atoms. The lowest BCUT2D eigenvalue weighted by atomic mass is 9.54. The first-order valence-corrected chi connectivity index (χ1v) is 13.2. The number of hydrogen-bond acceptors (Lipinski definition) is 3. The van der Waals surface area contributed by atoms with Crippen LogP contribution in [0.5, 0.6) is 0 Å². The second-order valence-corrected chi connectivity index (χ2v) is 11.3. The van der Waals surface area contributed by atoms with Gasteiger partial charge in [0.2, 0.25) is 0 Å². The van der Waals surface area contributed by atoms with E-state index >= 15 is 0 Å². The molecule has 0 saturated heterocycles. The molecule has 1 atom stereocenters. The lowest BCUT2D eigenvalue weighted by Gasteiger charge is -2.54. The van der Waals surface area contributed by atoms with Gasteiger partial charge in [-0.25, -0.2) is 0 Å². The molecule has 6 aliphatic rings. The van der Waals surface area contributed by atoms with Gasteiger partial charge in [0.25, 0.3) is 5.91 Å². The van der Waals surface area contributed by atoms with E-state index < -0.39 is 11.9 Å². The van der Waals surface area contributed by atoms with Crippen molar-refractivity contribution in [2.75, 3.05) is 0 Å². The number of rotatable bonds is 6. The molecule has 0 aromatic carbocycles. The number of aliphatic carboxylic acids is 1. The number of hydrogen-bond donors (Lipinski definition) is 3. The molecule has 1 unspecified atom stereocenters. The Balaban J connectivity index is 1.35. The largest absolute Gasteiger partial charge is 0.481 e. The molecule has 0 aliphatic heterocycles. The molecule has 0 radical (unpaired) electrons. The summed E-state index contributed by atoms with van der Waals surface area (Å²) in [5.41, 5.74) is 2.80. The maximum Gasteiger partial charge on any atom is 0.306 e. The molecule has 5 fully saturated rings. The standard InChI is InChI=1S/C27H40N2O3/c1-2-22(26(30)29-25-19-11-16-10-17(13-19)14-20(25)12-16)23-15-18(27(31)32)8-9-24(23)28-21-6-4-3-5-7-21/h2,16-21,25,28H,3-15H2,1H3,(H,29,30)(H,31,32)/b22-2-. The van der Waals surface area contributed by atoms with Crippen molar-refractivity contribution in [3.05, 3.63) is 22.9 Å². The summed E-state index contributed by atoms with van der Waals surface area (Å²) < 4.78 is 0. The average molecular weight is 441 g/mol. The van der Waals surface area contributed by atoms with Gasteiger partial charge in [-0.15, -0.1) is 0 Å². The van der Waals surface area contributed by atoms with Crippen LogP contribution in [0.25, 0.3) is 0 Å². The summed E-state index contributed by atoms with van der Waals surface area (Å²) in [7, 11) is 0. The molecule has 5 nitrogen and oxygen atoms in total. The number of carboxylic acids is 1. The number of allylic oxidation sites excluding steroid dienone is 2. The summed E-state index contributed by atoms with van der Waals surface area (Å²) >= 11 is 0. The Labute approximate surface area is 192 Å². The van der Waals surface area contributed by atoms with Crippen molar-refractivity contribution in [3.8, 4) is 0 Å². The highest BCUT2D eigenvalue weighted by Gasteiger charge is 2.48. The van der Waals surface area contributed by atoms with Crippen LogP contribution < -0.4 is 10.6 Å². The van der Waals surface area contributed by atoms with Gasteiger partial charge in [-0.2, -0.15) is 0 Å². The van der Waals surface area contributed by atoms with Crippen LogP contribution in [0.3, 0.4) is 0 Å². The molecule has 5 saturated carbocycles. The van der Waals surface area contributed by atoms with Crippen LogP contribution in [-0.4, -0.2) is 29.1 Å². The summed E-state index contributed by atoms with van der Waals surface area (Å²) in [6, 6.07) is 0.764. The van der Waals surface area contributed by atoms with Crippen molar-refractivity contribution in [2.45, 2.75) is 102 Å². The quantitative estimate of drug-likeness (QED) is 0.512. The summed E-state index contributed by atoms with van der Waals surface area (Å²) in [5, 5.41) is 16.9. The first kappa shape index (κ1) is 22.0. The minimum absolute atomic E-state index is 0.0222. The molecule has 32 heavy (non-hydrogen) atoms. The third kappa shape index (κ3) is 4.36. The molecule has 3 N–H and O–H groups in total. The number of carbonyl (C=O) groups excluding carboxylic acids is 1. The maximum atomic E-state index is 13.6. The van der Waals surface area contributed by atoms with Crippen molar-refractivity contribution in [1.82, 2.24) is 10.6 Å². The SMILES string of the molecule is C/C=C(\C(=O)NC1C2CC3CC(C2)CC1C3)C1=C(NC2CCCCC2)CCC(C(=O)O)C1. The minimum atomic E-state index is -0.740. The van der Waals surface area contributed by atoms with Gasteiger partial charge >= 0.3 is 5.97 Å². The van der Waals surface area contributed by atoms with E-state index in [0.29, 0.717) is 42.3 Å². The molecule has 1 amide bonds. The molecular formula is C27H40N2O3. The van der Waals surface area contributed by atoms with E-state index in [-0.39, 0.29) is 5.91 Å². The van der Waals surface area contributed by atoms with E-state index in [0.717, 1.165) is 29.5 Å². The zero-order valence-electron chi connectivity index (χ0n) is 19.6. The minimum Gasteiger partial charge on any atom is -0.481 e. The lowest BCUT2D eigenvalue weighted by Crippen LogP contribution is -2.56. The van der Waals surface area contributed by atoms with Crippen LogP contribution in [0.15, 0.2) is 22.9 Å². The zero-order chi connectivity index (χ0) is 22.2. The van der Waals surface area contributed by atoms with Crippen molar-refractivity contribution >= 4 is 11.9 Å². The smallest absolute Gasteiger partial charge is 0.306 e. The number of nitrogens with one attached hydrogen (secondary N) is 2. The molecule has 5 heteroatoms. The molecule has 176 valence electrons. The van der Waals surface area contributed by atoms with Crippen molar-refractivity contribution < 1.29 is 14.7 Å². The maximum absolute atomic E-state index is 13.6. The number of carboxylic acid groups (broad SMARTS) is 1. The third-order valence-electron chi connectivity index (χ3n) is 9.27. The van der Waals surface area contributed by atoms with Crippen molar-refractivity contribution in [2.24, 2.45) is 29.6 Å². The van der Waals surface area contributed by atoms with E-state index in [4.69, 9.17) is 0 Å². The normalized spacial score (nSPS) is 37.5. The zero-order valence-corrected chi connectivity index (χ0v) is 19.6. The van der Waals surface area contributed by atoms with E-state index in [1.54, 1.807) is 0 Å². The summed E-state index contributed by atoms with van der Waals surface area (Å²) in [4.78, 5) is 25.4. The van der Waals surface area contributed by atoms with E-state index in [9.17, 15) is 14.7 Å². The van der Waals surface area contributed by atoms with E-state index in [2.05, 4.69) is 10.6 Å². The van der Waals surface area contributed by atoms with Crippen molar-refractivity contribution in [3.63, 3.8) is 0 Å². The van der Waals surface area contributed by atoms with Gasteiger partial charge in [0.1, 0.15) is 0 Å². The Morgan fingerprint density at radius 2 is 1.59 bits per heavy atom. The van der Waals surface area contributed by atoms with Gasteiger partial charge < -0.3 is 15.7 Å². The highest BCUT2D eigenvalue weighted by molar-refractivity contribution is 5.98. The second kappa shape index (κ2) is 9.23. The summed E-state index contributed by atoms with van der Waals surface area (Å²) in [6.45, 7) is 1.93. The van der Waals surface area contributed by atoms with Crippen LogP contribution in [0, 0.1) is 29.6 Å². The first-order valence-electron chi connectivity index (χ1n) is 13.2. The third-order valence-corrected chi connectivity index (χ3v) is 9.27. The van der Waals surface area contributed by atoms with Gasteiger partial charge in [0, 0.05) is 23.4 Å². The van der Waals surface area contributed by atoms with Crippen LogP contribution in [0.2, 0.25) is 0 Å². The Kier molecular flexibility index (Phi) is 6.35. The topological polar surface area (TPSA) is 78.4 Å². The van der Waals surface area contributed by atoms with E-state index in [1.165, 1.54) is 64.2 Å². The Morgan fingerprint density at radius 1 is 0.938 bits per heavy atom. The van der Waals surface area contributed by atoms with Gasteiger partial charge in [-0.1, -0.05) is 25.3 Å². The van der Waals surface area contributed by atoms with Crippen LogP contribution >= 0.6 is 0 Å².